The van der Waals surface area contributed by atoms with Crippen LogP contribution in [0.4, 0.5) is 0 Å². The van der Waals surface area contributed by atoms with Gasteiger partial charge in [0.05, 0.1) is 17.3 Å². The number of benzene rings is 1. The molecule has 2 aliphatic heterocycles. The molecule has 0 radical (unpaired) electrons. The second-order valence-corrected chi connectivity index (χ2v) is 9.30. The predicted octanol–water partition coefficient (Wildman–Crippen LogP) is 1.93. The molecule has 2 saturated heterocycles. The van der Waals surface area contributed by atoms with E-state index in [-0.39, 0.29) is 11.2 Å². The molecule has 1 aromatic carbocycles. The molecule has 144 valence electrons. The first kappa shape index (κ1) is 19.2. The molecule has 1 unspecified atom stereocenters. The summed E-state index contributed by atoms with van der Waals surface area (Å²) in [7, 11) is -3.23. The van der Waals surface area contributed by atoms with Gasteiger partial charge in [0, 0.05) is 38.2 Å². The lowest BCUT2D eigenvalue weighted by molar-refractivity contribution is 0.156. The third-order valence-electron chi connectivity index (χ3n) is 5.19. The van der Waals surface area contributed by atoms with Gasteiger partial charge in [0.2, 0.25) is 0 Å². The van der Waals surface area contributed by atoms with Gasteiger partial charge in [-0.2, -0.15) is 0 Å². The molecule has 1 spiro atoms. The van der Waals surface area contributed by atoms with E-state index in [1.807, 2.05) is 6.07 Å². The Morgan fingerprint density at radius 2 is 2.12 bits per heavy atom. The van der Waals surface area contributed by atoms with Crippen molar-refractivity contribution in [2.45, 2.75) is 31.1 Å². The van der Waals surface area contributed by atoms with Crippen LogP contribution >= 0.6 is 0 Å². The molecule has 1 atom stereocenters. The zero-order valence-electron chi connectivity index (χ0n) is 15.5. The summed E-state index contributed by atoms with van der Waals surface area (Å²) in [5.41, 5.74) is 0.285. The van der Waals surface area contributed by atoms with Crippen LogP contribution in [0.2, 0.25) is 0 Å². The lowest BCUT2D eigenvalue weighted by Crippen LogP contribution is -2.41. The van der Waals surface area contributed by atoms with Crippen molar-refractivity contribution < 1.29 is 13.2 Å². The van der Waals surface area contributed by atoms with E-state index in [1.54, 1.807) is 24.3 Å². The van der Waals surface area contributed by atoms with Gasteiger partial charge in [-0.1, -0.05) is 18.2 Å². The number of likely N-dealkylation sites (tertiary alicyclic amines) is 1. The van der Waals surface area contributed by atoms with Gasteiger partial charge in [-0.05, 0) is 38.3 Å². The van der Waals surface area contributed by atoms with Crippen LogP contribution in [-0.4, -0.2) is 64.4 Å². The third-order valence-corrected chi connectivity index (χ3v) is 7.01. The van der Waals surface area contributed by atoms with E-state index in [4.69, 9.17) is 4.74 Å². The van der Waals surface area contributed by atoms with Crippen molar-refractivity contribution in [2.75, 3.05) is 45.1 Å². The first-order chi connectivity index (χ1) is 12.5. The van der Waals surface area contributed by atoms with Gasteiger partial charge in [-0.15, -0.1) is 0 Å². The van der Waals surface area contributed by atoms with Crippen LogP contribution < -0.4 is 5.32 Å². The number of sulfone groups is 1. The standard InChI is InChI=1S/C19H29N3O3S/c1-2-20-18(22-12-9-19(15-22)10-13-25-16-19)21-11-6-14-26(23,24)17-7-4-3-5-8-17/h3-5,7-8H,2,6,9-16H2,1H3,(H,20,21). The van der Waals surface area contributed by atoms with Crippen molar-refractivity contribution in [3.05, 3.63) is 30.3 Å². The molecule has 2 aliphatic rings. The number of aliphatic imine (C=N–C) groups is 1. The Bertz CT molecular complexity index is 713. The summed E-state index contributed by atoms with van der Waals surface area (Å²) >= 11 is 0. The molecule has 0 aliphatic carbocycles. The minimum Gasteiger partial charge on any atom is -0.381 e. The molecule has 2 fully saturated rings. The molecule has 6 nitrogen and oxygen atoms in total. The number of rotatable bonds is 6. The summed E-state index contributed by atoms with van der Waals surface area (Å²) in [5, 5.41) is 3.35. The fourth-order valence-corrected chi connectivity index (χ4v) is 5.01. The van der Waals surface area contributed by atoms with Crippen molar-refractivity contribution in [1.29, 1.82) is 0 Å². The number of ether oxygens (including phenoxy) is 1. The highest BCUT2D eigenvalue weighted by Crippen LogP contribution is 2.38. The van der Waals surface area contributed by atoms with Gasteiger partial charge in [-0.25, -0.2) is 8.42 Å². The van der Waals surface area contributed by atoms with E-state index in [0.717, 1.165) is 51.6 Å². The van der Waals surface area contributed by atoms with Gasteiger partial charge < -0.3 is 15.0 Å². The van der Waals surface area contributed by atoms with Crippen LogP contribution in [0.25, 0.3) is 0 Å². The maximum absolute atomic E-state index is 12.3. The zero-order valence-corrected chi connectivity index (χ0v) is 16.3. The van der Waals surface area contributed by atoms with Crippen molar-refractivity contribution in [3.8, 4) is 0 Å². The highest BCUT2D eigenvalue weighted by Gasteiger charge is 2.42. The van der Waals surface area contributed by atoms with Gasteiger partial charge in [0.1, 0.15) is 0 Å². The monoisotopic (exact) mass is 379 g/mol. The molecule has 0 bridgehead atoms. The second kappa shape index (κ2) is 8.39. The van der Waals surface area contributed by atoms with E-state index in [0.29, 0.717) is 17.9 Å². The second-order valence-electron chi connectivity index (χ2n) is 7.20. The lowest BCUT2D eigenvalue weighted by atomic mass is 9.87. The van der Waals surface area contributed by atoms with E-state index in [1.165, 1.54) is 0 Å². The van der Waals surface area contributed by atoms with Crippen molar-refractivity contribution in [2.24, 2.45) is 10.4 Å². The normalized spacial score (nSPS) is 23.7. The van der Waals surface area contributed by atoms with Crippen LogP contribution in [0.3, 0.4) is 0 Å². The molecule has 2 heterocycles. The summed E-state index contributed by atoms with van der Waals surface area (Å²) in [6.07, 6.45) is 2.78. The highest BCUT2D eigenvalue weighted by atomic mass is 32.2. The average Bonchev–Trinajstić information content (AvgIpc) is 3.28. The molecule has 1 N–H and O–H groups in total. The molecule has 26 heavy (non-hydrogen) atoms. The number of nitrogens with one attached hydrogen (secondary N) is 1. The SMILES string of the molecule is CCNC(=NCCCS(=O)(=O)c1ccccc1)N1CCC2(CCOC2)C1. The minimum atomic E-state index is -3.23. The Morgan fingerprint density at radius 3 is 2.81 bits per heavy atom. The quantitative estimate of drug-likeness (QED) is 0.465. The third kappa shape index (κ3) is 4.57. The Hall–Kier alpha value is -1.60. The Balaban J connectivity index is 1.55. The number of guanidine groups is 1. The van der Waals surface area contributed by atoms with Crippen molar-refractivity contribution in [1.82, 2.24) is 10.2 Å². The summed E-state index contributed by atoms with van der Waals surface area (Å²) in [5.74, 6) is 1.02. The summed E-state index contributed by atoms with van der Waals surface area (Å²) in [6, 6.07) is 8.63. The first-order valence-corrected chi connectivity index (χ1v) is 11.1. The topological polar surface area (TPSA) is 71.0 Å². The van der Waals surface area contributed by atoms with Crippen LogP contribution in [0.5, 0.6) is 0 Å². The minimum absolute atomic E-state index is 0.123. The highest BCUT2D eigenvalue weighted by molar-refractivity contribution is 7.91. The number of hydrogen-bond acceptors (Lipinski definition) is 4. The molecule has 3 rings (SSSR count). The van der Waals surface area contributed by atoms with Gasteiger partial charge in [0.25, 0.3) is 0 Å². The zero-order chi connectivity index (χ0) is 18.5. The molecule has 0 saturated carbocycles. The van der Waals surface area contributed by atoms with Crippen LogP contribution in [0.1, 0.15) is 26.2 Å². The Labute approximate surface area is 156 Å². The largest absolute Gasteiger partial charge is 0.381 e. The number of nitrogens with zero attached hydrogens (tertiary/aromatic N) is 2. The molecule has 7 heteroatoms. The summed E-state index contributed by atoms with van der Waals surface area (Å²) < 4.78 is 30.3. The van der Waals surface area contributed by atoms with Crippen LogP contribution in [0, 0.1) is 5.41 Å². The van der Waals surface area contributed by atoms with Gasteiger partial charge in [-0.3, -0.25) is 4.99 Å². The maximum Gasteiger partial charge on any atom is 0.193 e. The van der Waals surface area contributed by atoms with Crippen LogP contribution in [0.15, 0.2) is 40.2 Å². The van der Waals surface area contributed by atoms with E-state index in [2.05, 4.69) is 22.1 Å². The van der Waals surface area contributed by atoms with Crippen molar-refractivity contribution in [3.63, 3.8) is 0 Å². The maximum atomic E-state index is 12.3. The lowest BCUT2D eigenvalue weighted by Gasteiger charge is -2.25. The van der Waals surface area contributed by atoms with Gasteiger partial charge in [0.15, 0.2) is 15.8 Å². The molecular weight excluding hydrogens is 350 g/mol. The predicted molar refractivity (Wildman–Crippen MR) is 103 cm³/mol. The molecule has 1 aromatic rings. The molecule has 0 aromatic heterocycles. The fourth-order valence-electron chi connectivity index (χ4n) is 3.70. The first-order valence-electron chi connectivity index (χ1n) is 9.43. The average molecular weight is 380 g/mol. The number of hydrogen-bond donors (Lipinski definition) is 1. The summed E-state index contributed by atoms with van der Waals surface area (Å²) in [4.78, 5) is 7.36. The molecular formula is C19H29N3O3S. The van der Waals surface area contributed by atoms with Crippen molar-refractivity contribution >= 4 is 15.8 Å². The van der Waals surface area contributed by atoms with E-state index < -0.39 is 9.84 Å². The Kier molecular flexibility index (Phi) is 6.19. The van der Waals surface area contributed by atoms with Crippen LogP contribution in [-0.2, 0) is 14.6 Å². The smallest absolute Gasteiger partial charge is 0.193 e. The van der Waals surface area contributed by atoms with E-state index in [9.17, 15) is 8.42 Å². The Morgan fingerprint density at radius 1 is 1.31 bits per heavy atom. The fraction of sp³-hybridized carbons (Fsp3) is 0.632. The van der Waals surface area contributed by atoms with Gasteiger partial charge >= 0.3 is 0 Å². The molecule has 0 amide bonds. The summed E-state index contributed by atoms with van der Waals surface area (Å²) in [6.45, 7) is 7.03. The van der Waals surface area contributed by atoms with E-state index >= 15 is 0 Å².